The maximum Gasteiger partial charge on any atom is 0.118 e. The van der Waals surface area contributed by atoms with E-state index >= 15 is 0 Å². The molecule has 3 nitrogen and oxygen atoms in total. The Labute approximate surface area is 126 Å². The molecular weight excluding hydrogens is 339 g/mol. The number of amidine groups is 1. The Morgan fingerprint density at radius 1 is 1.22 bits per heavy atom. The van der Waals surface area contributed by atoms with Crippen LogP contribution in [0.5, 0.6) is 5.75 Å². The van der Waals surface area contributed by atoms with Crippen molar-refractivity contribution in [1.82, 2.24) is 5.32 Å². The number of methoxy groups -OCH3 is 1. The van der Waals surface area contributed by atoms with E-state index in [-0.39, 0.29) is 24.0 Å². The van der Waals surface area contributed by atoms with E-state index < -0.39 is 0 Å². The van der Waals surface area contributed by atoms with E-state index in [1.54, 1.807) is 7.11 Å². The zero-order chi connectivity index (χ0) is 11.9. The zero-order valence-electron chi connectivity index (χ0n) is 10.8. The summed E-state index contributed by atoms with van der Waals surface area (Å²) in [5, 5.41) is 3.42. The molecule has 0 bridgehead atoms. The molecule has 0 atom stereocenters. The normalized spacial score (nSPS) is 14.4. The van der Waals surface area contributed by atoms with Crippen molar-refractivity contribution in [3.63, 3.8) is 0 Å². The minimum atomic E-state index is 0. The van der Waals surface area contributed by atoms with Gasteiger partial charge in [-0.05, 0) is 37.0 Å². The third kappa shape index (κ3) is 4.84. The summed E-state index contributed by atoms with van der Waals surface area (Å²) in [6, 6.07) is 8.24. The molecule has 0 radical (unpaired) electrons. The predicted molar refractivity (Wildman–Crippen MR) is 86.3 cm³/mol. The molecule has 18 heavy (non-hydrogen) atoms. The van der Waals surface area contributed by atoms with Gasteiger partial charge >= 0.3 is 0 Å². The van der Waals surface area contributed by atoms with Gasteiger partial charge in [0.05, 0.1) is 12.9 Å². The fourth-order valence-electron chi connectivity index (χ4n) is 1.98. The second kappa shape index (κ2) is 8.34. The first kappa shape index (κ1) is 15.3. The molecule has 1 aromatic rings. The number of rotatable bonds is 4. The van der Waals surface area contributed by atoms with Gasteiger partial charge in [-0.15, -0.1) is 24.0 Å². The predicted octanol–water partition coefficient (Wildman–Crippen LogP) is 3.03. The number of hydrogen-bond donors (Lipinski definition) is 1. The summed E-state index contributed by atoms with van der Waals surface area (Å²) in [5.74, 6) is 2.10. The Bertz CT molecular complexity index is 376. The molecule has 0 fully saturated rings. The number of halogens is 1. The highest BCUT2D eigenvalue weighted by molar-refractivity contribution is 14.0. The van der Waals surface area contributed by atoms with Crippen molar-refractivity contribution in [3.05, 3.63) is 29.8 Å². The molecule has 0 aliphatic carbocycles. The first-order valence-electron chi connectivity index (χ1n) is 6.28. The van der Waals surface area contributed by atoms with Crippen LogP contribution in [0.25, 0.3) is 0 Å². The van der Waals surface area contributed by atoms with Crippen LogP contribution in [-0.4, -0.2) is 26.0 Å². The van der Waals surface area contributed by atoms with Crippen molar-refractivity contribution < 1.29 is 4.74 Å². The average molecular weight is 360 g/mol. The van der Waals surface area contributed by atoms with Gasteiger partial charge in [-0.25, -0.2) is 0 Å². The molecule has 0 amide bonds. The van der Waals surface area contributed by atoms with Gasteiger partial charge < -0.3 is 10.1 Å². The first-order valence-corrected chi connectivity index (χ1v) is 6.28. The number of aliphatic imine (C=N–C) groups is 1. The molecular formula is C14H21IN2O. The van der Waals surface area contributed by atoms with Crippen molar-refractivity contribution >= 4 is 29.8 Å². The van der Waals surface area contributed by atoms with Crippen molar-refractivity contribution in [2.24, 2.45) is 4.99 Å². The van der Waals surface area contributed by atoms with Crippen molar-refractivity contribution in [1.29, 1.82) is 0 Å². The van der Waals surface area contributed by atoms with E-state index in [0.717, 1.165) is 31.7 Å². The quantitative estimate of drug-likeness (QED) is 0.838. The fraction of sp³-hybridized carbons (Fsp3) is 0.500. The molecule has 2 rings (SSSR count). The highest BCUT2D eigenvalue weighted by Crippen LogP contribution is 2.11. The van der Waals surface area contributed by atoms with E-state index in [1.165, 1.54) is 24.2 Å². The minimum absolute atomic E-state index is 0. The lowest BCUT2D eigenvalue weighted by molar-refractivity contribution is 0.414. The average Bonchev–Trinajstić information content (AvgIpc) is 2.41. The van der Waals surface area contributed by atoms with E-state index in [1.807, 2.05) is 12.1 Å². The molecule has 1 aliphatic heterocycles. The van der Waals surface area contributed by atoms with Crippen LogP contribution in [-0.2, 0) is 6.42 Å². The zero-order valence-corrected chi connectivity index (χ0v) is 13.1. The number of nitrogens with one attached hydrogen (secondary N) is 1. The summed E-state index contributed by atoms with van der Waals surface area (Å²) in [6.45, 7) is 1.95. The fourth-order valence-corrected chi connectivity index (χ4v) is 1.98. The van der Waals surface area contributed by atoms with Crippen molar-refractivity contribution in [2.45, 2.75) is 25.7 Å². The van der Waals surface area contributed by atoms with Crippen LogP contribution in [0.1, 0.15) is 24.8 Å². The number of benzene rings is 1. The highest BCUT2D eigenvalue weighted by atomic mass is 127. The minimum Gasteiger partial charge on any atom is -0.497 e. The second-order valence-electron chi connectivity index (χ2n) is 4.31. The van der Waals surface area contributed by atoms with Crippen LogP contribution in [0, 0.1) is 0 Å². The monoisotopic (exact) mass is 360 g/mol. The summed E-state index contributed by atoms with van der Waals surface area (Å²) in [4.78, 5) is 4.47. The highest BCUT2D eigenvalue weighted by Gasteiger charge is 2.03. The van der Waals surface area contributed by atoms with Gasteiger partial charge in [0.15, 0.2) is 0 Å². The summed E-state index contributed by atoms with van der Waals surface area (Å²) in [7, 11) is 1.69. The van der Waals surface area contributed by atoms with Gasteiger partial charge in [-0.2, -0.15) is 0 Å². The molecule has 0 spiro atoms. The Kier molecular flexibility index (Phi) is 7.08. The Morgan fingerprint density at radius 3 is 2.61 bits per heavy atom. The third-order valence-corrected chi connectivity index (χ3v) is 3.03. The number of ether oxygens (including phenoxy) is 1. The first-order chi connectivity index (χ1) is 8.38. The Balaban J connectivity index is 0.00000162. The lowest BCUT2D eigenvalue weighted by Gasteiger charge is -2.13. The molecule has 4 heteroatoms. The lowest BCUT2D eigenvalue weighted by atomic mass is 10.1. The standard InChI is InChI=1S/C14H20N2O.HI/c1-17-13-7-5-12(6-8-13)9-11-16-14-4-2-3-10-15-14;/h5-8H,2-4,9-11H2,1H3,(H,15,16);1H. The van der Waals surface area contributed by atoms with Gasteiger partial charge in [0, 0.05) is 19.5 Å². The molecule has 0 unspecified atom stereocenters. The van der Waals surface area contributed by atoms with Gasteiger partial charge in [0.25, 0.3) is 0 Å². The topological polar surface area (TPSA) is 33.6 Å². The van der Waals surface area contributed by atoms with Crippen LogP contribution in [0.4, 0.5) is 0 Å². The maximum absolute atomic E-state index is 5.13. The Hall–Kier alpha value is -0.780. The third-order valence-electron chi connectivity index (χ3n) is 3.03. The van der Waals surface area contributed by atoms with E-state index in [2.05, 4.69) is 22.4 Å². The maximum atomic E-state index is 5.13. The van der Waals surface area contributed by atoms with E-state index in [4.69, 9.17) is 4.74 Å². The van der Waals surface area contributed by atoms with Crippen LogP contribution in [0.3, 0.4) is 0 Å². The molecule has 1 heterocycles. The lowest BCUT2D eigenvalue weighted by Crippen LogP contribution is -2.27. The number of hydrogen-bond acceptors (Lipinski definition) is 3. The van der Waals surface area contributed by atoms with E-state index in [9.17, 15) is 0 Å². The molecule has 1 aromatic carbocycles. The molecule has 1 aliphatic rings. The van der Waals surface area contributed by atoms with Crippen LogP contribution in [0.2, 0.25) is 0 Å². The van der Waals surface area contributed by atoms with Crippen LogP contribution >= 0.6 is 24.0 Å². The van der Waals surface area contributed by atoms with Crippen molar-refractivity contribution in [3.8, 4) is 5.75 Å². The van der Waals surface area contributed by atoms with Gasteiger partial charge in [0.2, 0.25) is 0 Å². The van der Waals surface area contributed by atoms with Gasteiger partial charge in [0.1, 0.15) is 5.75 Å². The van der Waals surface area contributed by atoms with Gasteiger partial charge in [-0.1, -0.05) is 12.1 Å². The summed E-state index contributed by atoms with van der Waals surface area (Å²) < 4.78 is 5.13. The largest absolute Gasteiger partial charge is 0.497 e. The smallest absolute Gasteiger partial charge is 0.118 e. The molecule has 0 aromatic heterocycles. The van der Waals surface area contributed by atoms with Crippen LogP contribution < -0.4 is 10.1 Å². The summed E-state index contributed by atoms with van der Waals surface area (Å²) >= 11 is 0. The molecule has 1 N–H and O–H groups in total. The summed E-state index contributed by atoms with van der Waals surface area (Å²) in [5.41, 5.74) is 1.33. The Morgan fingerprint density at radius 2 is 2.00 bits per heavy atom. The number of nitrogens with zero attached hydrogens (tertiary/aromatic N) is 1. The summed E-state index contributed by atoms with van der Waals surface area (Å²) in [6.07, 6.45) is 4.66. The SMILES string of the molecule is COc1ccc(CCNC2=NCCCC2)cc1.I. The molecule has 0 saturated heterocycles. The molecule has 0 saturated carbocycles. The second-order valence-corrected chi connectivity index (χ2v) is 4.31. The molecule has 100 valence electrons. The van der Waals surface area contributed by atoms with Gasteiger partial charge in [-0.3, -0.25) is 4.99 Å². The van der Waals surface area contributed by atoms with Crippen molar-refractivity contribution in [2.75, 3.05) is 20.2 Å². The van der Waals surface area contributed by atoms with Crippen LogP contribution in [0.15, 0.2) is 29.3 Å². The van der Waals surface area contributed by atoms with E-state index in [0.29, 0.717) is 0 Å².